The summed E-state index contributed by atoms with van der Waals surface area (Å²) in [4.78, 5) is 0. The van der Waals surface area contributed by atoms with Gasteiger partial charge in [-0.25, -0.2) is 8.42 Å². The van der Waals surface area contributed by atoms with Crippen LogP contribution < -0.4 is 5.32 Å². The number of aliphatic hydroxyl groups excluding tert-OH is 1. The number of hydrogen-bond donors (Lipinski definition) is 2. The van der Waals surface area contributed by atoms with E-state index in [0.717, 1.165) is 0 Å². The average molecular weight is 209 g/mol. The molecule has 5 heteroatoms. The van der Waals surface area contributed by atoms with Crippen LogP contribution in [-0.4, -0.2) is 44.2 Å². The average Bonchev–Trinajstić information content (AvgIpc) is 2.03. The number of nitrogens with one attached hydrogen (secondary N) is 1. The fourth-order valence-electron chi connectivity index (χ4n) is 0.872. The summed E-state index contributed by atoms with van der Waals surface area (Å²) in [5, 5.41) is 11.8. The molecule has 0 bridgehead atoms. The van der Waals surface area contributed by atoms with Crippen molar-refractivity contribution in [1.82, 2.24) is 5.32 Å². The first kappa shape index (κ1) is 12.9. The molecule has 0 heterocycles. The molecular formula is C8H19NO3S. The highest BCUT2D eigenvalue weighted by Crippen LogP contribution is 1.92. The van der Waals surface area contributed by atoms with Gasteiger partial charge >= 0.3 is 0 Å². The Bertz CT molecular complexity index is 211. The Morgan fingerprint density at radius 3 is 2.54 bits per heavy atom. The van der Waals surface area contributed by atoms with Crippen molar-refractivity contribution in [2.75, 3.05) is 24.6 Å². The maximum Gasteiger partial charge on any atom is 0.150 e. The third kappa shape index (κ3) is 8.21. The van der Waals surface area contributed by atoms with Crippen LogP contribution >= 0.6 is 0 Å². The molecule has 13 heavy (non-hydrogen) atoms. The number of aliphatic hydroxyl groups is 1. The second kappa shape index (κ2) is 6.34. The zero-order chi connectivity index (χ0) is 10.3. The topological polar surface area (TPSA) is 66.4 Å². The van der Waals surface area contributed by atoms with Crippen molar-refractivity contribution in [3.05, 3.63) is 0 Å². The molecule has 1 unspecified atom stereocenters. The fourth-order valence-corrected chi connectivity index (χ4v) is 1.75. The van der Waals surface area contributed by atoms with Gasteiger partial charge in [0, 0.05) is 12.3 Å². The van der Waals surface area contributed by atoms with Crippen LogP contribution in [0.5, 0.6) is 0 Å². The molecule has 0 aliphatic carbocycles. The van der Waals surface area contributed by atoms with Crippen LogP contribution in [0.2, 0.25) is 0 Å². The first-order valence-electron chi connectivity index (χ1n) is 4.57. The van der Waals surface area contributed by atoms with E-state index in [1.807, 2.05) is 0 Å². The molecule has 0 saturated carbocycles. The van der Waals surface area contributed by atoms with E-state index in [0.29, 0.717) is 19.5 Å². The molecule has 0 fully saturated rings. The lowest BCUT2D eigenvalue weighted by Gasteiger charge is -2.06. The summed E-state index contributed by atoms with van der Waals surface area (Å²) in [6, 6.07) is 0. The van der Waals surface area contributed by atoms with Gasteiger partial charge in [0.2, 0.25) is 0 Å². The van der Waals surface area contributed by atoms with Crippen molar-refractivity contribution in [2.45, 2.75) is 26.4 Å². The molecule has 0 aliphatic rings. The minimum absolute atomic E-state index is 0.212. The quantitative estimate of drug-likeness (QED) is 0.569. The van der Waals surface area contributed by atoms with Crippen LogP contribution in [0, 0.1) is 0 Å². The molecule has 4 nitrogen and oxygen atoms in total. The lowest BCUT2D eigenvalue weighted by atomic mass is 10.4. The molecule has 0 aromatic rings. The second-order valence-corrected chi connectivity index (χ2v) is 5.62. The van der Waals surface area contributed by atoms with Crippen LogP contribution in [-0.2, 0) is 9.84 Å². The molecule has 0 rings (SSSR count). The molecule has 0 aromatic heterocycles. The van der Waals surface area contributed by atoms with Gasteiger partial charge in [0.15, 0.2) is 0 Å². The first-order valence-corrected chi connectivity index (χ1v) is 6.39. The molecule has 0 amide bonds. The molecule has 2 N–H and O–H groups in total. The highest BCUT2D eigenvalue weighted by atomic mass is 32.2. The van der Waals surface area contributed by atoms with E-state index >= 15 is 0 Å². The minimum Gasteiger partial charge on any atom is -0.392 e. The van der Waals surface area contributed by atoms with E-state index in [-0.39, 0.29) is 17.6 Å². The van der Waals surface area contributed by atoms with Crippen molar-refractivity contribution in [3.63, 3.8) is 0 Å². The van der Waals surface area contributed by atoms with Gasteiger partial charge in [-0.1, -0.05) is 6.92 Å². The molecule has 0 saturated heterocycles. The molecule has 0 spiro atoms. The molecular weight excluding hydrogens is 190 g/mol. The Labute approximate surface area is 80.3 Å². The van der Waals surface area contributed by atoms with Crippen molar-refractivity contribution in [3.8, 4) is 0 Å². The van der Waals surface area contributed by atoms with Crippen LogP contribution in [0.15, 0.2) is 0 Å². The normalized spacial score (nSPS) is 14.4. The maximum absolute atomic E-state index is 11.0. The van der Waals surface area contributed by atoms with Crippen molar-refractivity contribution in [2.24, 2.45) is 0 Å². The monoisotopic (exact) mass is 209 g/mol. The number of hydrogen-bond acceptors (Lipinski definition) is 4. The van der Waals surface area contributed by atoms with Gasteiger partial charge in [-0.15, -0.1) is 0 Å². The van der Waals surface area contributed by atoms with E-state index in [2.05, 4.69) is 5.32 Å². The van der Waals surface area contributed by atoms with Gasteiger partial charge in [-0.3, -0.25) is 0 Å². The Kier molecular flexibility index (Phi) is 6.28. The third-order valence-electron chi connectivity index (χ3n) is 1.69. The standard InChI is InChI=1S/C8H19NO3S/c1-3-13(11,12)6-4-5-9-7-8(2)10/h8-10H,3-7H2,1-2H3. The maximum atomic E-state index is 11.0. The molecule has 1 atom stereocenters. The van der Waals surface area contributed by atoms with Gasteiger partial charge < -0.3 is 10.4 Å². The number of sulfone groups is 1. The summed E-state index contributed by atoms with van der Waals surface area (Å²) in [6.07, 6.45) is 0.242. The Hall–Kier alpha value is -0.130. The van der Waals surface area contributed by atoms with Gasteiger partial charge in [0.1, 0.15) is 9.84 Å². The van der Waals surface area contributed by atoms with E-state index in [1.165, 1.54) is 0 Å². The lowest BCUT2D eigenvalue weighted by molar-refractivity contribution is 0.191. The van der Waals surface area contributed by atoms with Crippen LogP contribution in [0.1, 0.15) is 20.3 Å². The SMILES string of the molecule is CCS(=O)(=O)CCCNCC(C)O. The predicted octanol–water partition coefficient (Wildman–Crippen LogP) is -0.218. The second-order valence-electron chi connectivity index (χ2n) is 3.14. The molecule has 0 aliphatic heterocycles. The Balaban J connectivity index is 3.37. The Morgan fingerprint density at radius 1 is 1.46 bits per heavy atom. The first-order chi connectivity index (χ1) is 5.98. The third-order valence-corrected chi connectivity index (χ3v) is 3.48. The molecule has 0 aromatic carbocycles. The molecule has 80 valence electrons. The van der Waals surface area contributed by atoms with Crippen molar-refractivity contribution < 1.29 is 13.5 Å². The van der Waals surface area contributed by atoms with Crippen LogP contribution in [0.25, 0.3) is 0 Å². The summed E-state index contributed by atoms with van der Waals surface area (Å²) in [5.74, 6) is 0.444. The predicted molar refractivity (Wildman–Crippen MR) is 53.5 cm³/mol. The van der Waals surface area contributed by atoms with Gasteiger partial charge in [-0.2, -0.15) is 0 Å². The highest BCUT2D eigenvalue weighted by Gasteiger charge is 2.05. The minimum atomic E-state index is -2.82. The van der Waals surface area contributed by atoms with Crippen molar-refractivity contribution >= 4 is 9.84 Å². The molecule has 0 radical (unpaired) electrons. The highest BCUT2D eigenvalue weighted by molar-refractivity contribution is 7.91. The fraction of sp³-hybridized carbons (Fsp3) is 1.00. The van der Waals surface area contributed by atoms with E-state index in [1.54, 1.807) is 13.8 Å². The smallest absolute Gasteiger partial charge is 0.150 e. The van der Waals surface area contributed by atoms with Gasteiger partial charge in [-0.05, 0) is 19.9 Å². The van der Waals surface area contributed by atoms with E-state index < -0.39 is 9.84 Å². The van der Waals surface area contributed by atoms with E-state index in [4.69, 9.17) is 5.11 Å². The number of rotatable bonds is 7. The summed E-state index contributed by atoms with van der Waals surface area (Å²) in [5.41, 5.74) is 0. The van der Waals surface area contributed by atoms with Crippen molar-refractivity contribution in [1.29, 1.82) is 0 Å². The summed E-state index contributed by atoms with van der Waals surface area (Å²) in [6.45, 7) is 4.50. The zero-order valence-corrected chi connectivity index (χ0v) is 9.10. The summed E-state index contributed by atoms with van der Waals surface area (Å²) in [7, 11) is -2.82. The van der Waals surface area contributed by atoms with Crippen LogP contribution in [0.4, 0.5) is 0 Å². The largest absolute Gasteiger partial charge is 0.392 e. The van der Waals surface area contributed by atoms with Gasteiger partial charge in [0.25, 0.3) is 0 Å². The summed E-state index contributed by atoms with van der Waals surface area (Å²) >= 11 is 0. The van der Waals surface area contributed by atoms with E-state index in [9.17, 15) is 8.42 Å². The van der Waals surface area contributed by atoms with Crippen LogP contribution in [0.3, 0.4) is 0 Å². The lowest BCUT2D eigenvalue weighted by Crippen LogP contribution is -2.26. The zero-order valence-electron chi connectivity index (χ0n) is 8.28. The summed E-state index contributed by atoms with van der Waals surface area (Å²) < 4.78 is 22.0. The van der Waals surface area contributed by atoms with Gasteiger partial charge in [0.05, 0.1) is 11.9 Å². The Morgan fingerprint density at radius 2 is 2.08 bits per heavy atom.